The van der Waals surface area contributed by atoms with Gasteiger partial charge in [-0.05, 0) is 19.1 Å². The second kappa shape index (κ2) is 6.45. The molecule has 0 aliphatic heterocycles. The van der Waals surface area contributed by atoms with Gasteiger partial charge in [0.1, 0.15) is 4.88 Å². The molecule has 1 N–H and O–H groups in total. The standard InChI is InChI=1S/C14H15N3O3S/c1-3-17(8-10-6-4-5-7-15-10)14-16-11(13(19)20)12(21-14)9(2)18/h4-7H,3,8H2,1-2H3,(H,19,20). The minimum atomic E-state index is -1.18. The smallest absolute Gasteiger partial charge is 0.356 e. The molecule has 0 atom stereocenters. The Balaban J connectivity index is 2.32. The van der Waals surface area contributed by atoms with Gasteiger partial charge in [-0.2, -0.15) is 0 Å². The molecule has 0 saturated carbocycles. The van der Waals surface area contributed by atoms with Crippen LogP contribution >= 0.6 is 11.3 Å². The monoisotopic (exact) mass is 305 g/mol. The summed E-state index contributed by atoms with van der Waals surface area (Å²) in [6.45, 7) is 4.44. The average Bonchev–Trinajstić information content (AvgIpc) is 2.91. The molecule has 21 heavy (non-hydrogen) atoms. The summed E-state index contributed by atoms with van der Waals surface area (Å²) in [7, 11) is 0. The van der Waals surface area contributed by atoms with Gasteiger partial charge in [-0.25, -0.2) is 9.78 Å². The van der Waals surface area contributed by atoms with Crippen LogP contribution in [0.15, 0.2) is 24.4 Å². The molecule has 0 aromatic carbocycles. The predicted molar refractivity (Wildman–Crippen MR) is 80.0 cm³/mol. The van der Waals surface area contributed by atoms with E-state index in [1.807, 2.05) is 30.0 Å². The predicted octanol–water partition coefficient (Wildman–Crippen LogP) is 2.47. The number of hydrogen-bond donors (Lipinski definition) is 1. The lowest BCUT2D eigenvalue weighted by Crippen LogP contribution is -2.22. The van der Waals surface area contributed by atoms with Gasteiger partial charge in [0.2, 0.25) is 0 Å². The molecule has 0 radical (unpaired) electrons. The zero-order valence-electron chi connectivity index (χ0n) is 11.7. The lowest BCUT2D eigenvalue weighted by Gasteiger charge is -2.18. The molecule has 0 saturated heterocycles. The van der Waals surface area contributed by atoms with Crippen LogP contribution in [0.25, 0.3) is 0 Å². The summed E-state index contributed by atoms with van der Waals surface area (Å²) in [5.74, 6) is -1.47. The summed E-state index contributed by atoms with van der Waals surface area (Å²) in [5.41, 5.74) is 0.678. The van der Waals surface area contributed by atoms with E-state index < -0.39 is 5.97 Å². The van der Waals surface area contributed by atoms with Crippen molar-refractivity contribution in [2.24, 2.45) is 0 Å². The molecule has 0 bridgehead atoms. The minimum absolute atomic E-state index is 0.178. The zero-order chi connectivity index (χ0) is 15.4. The van der Waals surface area contributed by atoms with Crippen LogP contribution in [0, 0.1) is 0 Å². The molecular formula is C14H15N3O3S. The first-order chi connectivity index (χ1) is 10.0. The quantitative estimate of drug-likeness (QED) is 0.825. The van der Waals surface area contributed by atoms with Gasteiger partial charge in [-0.1, -0.05) is 17.4 Å². The third-order valence-corrected chi connectivity index (χ3v) is 4.09. The van der Waals surface area contributed by atoms with Crippen molar-refractivity contribution in [1.29, 1.82) is 0 Å². The number of nitrogens with zero attached hydrogens (tertiary/aromatic N) is 3. The number of carbonyl (C=O) groups is 2. The average molecular weight is 305 g/mol. The Morgan fingerprint density at radius 2 is 2.14 bits per heavy atom. The van der Waals surface area contributed by atoms with Crippen molar-refractivity contribution in [1.82, 2.24) is 9.97 Å². The van der Waals surface area contributed by atoms with Gasteiger partial charge in [-0.15, -0.1) is 0 Å². The lowest BCUT2D eigenvalue weighted by molar-refractivity contribution is 0.0687. The number of aromatic nitrogens is 2. The summed E-state index contributed by atoms with van der Waals surface area (Å²) in [6.07, 6.45) is 1.70. The number of carboxylic acid groups (broad SMARTS) is 1. The van der Waals surface area contributed by atoms with Gasteiger partial charge in [0.15, 0.2) is 16.6 Å². The minimum Gasteiger partial charge on any atom is -0.476 e. The van der Waals surface area contributed by atoms with Crippen molar-refractivity contribution in [2.75, 3.05) is 11.4 Å². The maximum atomic E-state index is 11.5. The summed E-state index contributed by atoms with van der Waals surface area (Å²) >= 11 is 1.10. The Morgan fingerprint density at radius 1 is 1.38 bits per heavy atom. The van der Waals surface area contributed by atoms with E-state index in [2.05, 4.69) is 9.97 Å². The molecule has 2 rings (SSSR count). The van der Waals surface area contributed by atoms with Gasteiger partial charge in [-0.3, -0.25) is 9.78 Å². The zero-order valence-corrected chi connectivity index (χ0v) is 12.6. The van der Waals surface area contributed by atoms with Crippen LogP contribution < -0.4 is 4.90 Å². The van der Waals surface area contributed by atoms with E-state index in [9.17, 15) is 9.59 Å². The first-order valence-corrected chi connectivity index (χ1v) is 7.24. The van der Waals surface area contributed by atoms with Crippen LogP contribution in [0.4, 0.5) is 5.13 Å². The molecule has 110 valence electrons. The highest BCUT2D eigenvalue weighted by Gasteiger charge is 2.23. The molecule has 2 aromatic heterocycles. The molecule has 2 aromatic rings. The van der Waals surface area contributed by atoms with Gasteiger partial charge >= 0.3 is 5.97 Å². The number of anilines is 1. The third kappa shape index (κ3) is 3.43. The topological polar surface area (TPSA) is 83.4 Å². The van der Waals surface area contributed by atoms with Gasteiger partial charge < -0.3 is 10.0 Å². The van der Waals surface area contributed by atoms with E-state index in [0.29, 0.717) is 18.2 Å². The molecule has 6 nitrogen and oxygen atoms in total. The fraction of sp³-hybridized carbons (Fsp3) is 0.286. The van der Waals surface area contributed by atoms with Crippen molar-refractivity contribution in [3.8, 4) is 0 Å². The van der Waals surface area contributed by atoms with Gasteiger partial charge in [0, 0.05) is 19.7 Å². The van der Waals surface area contributed by atoms with Crippen LogP contribution in [0.1, 0.15) is 39.7 Å². The highest BCUT2D eigenvalue weighted by atomic mass is 32.1. The Hall–Kier alpha value is -2.28. The van der Waals surface area contributed by atoms with E-state index >= 15 is 0 Å². The molecule has 0 unspecified atom stereocenters. The Morgan fingerprint density at radius 3 is 2.62 bits per heavy atom. The number of aromatic carboxylic acids is 1. The largest absolute Gasteiger partial charge is 0.476 e. The van der Waals surface area contributed by atoms with Crippen molar-refractivity contribution in [3.05, 3.63) is 40.7 Å². The number of pyridine rings is 1. The van der Waals surface area contributed by atoms with Crippen LogP contribution in [0.3, 0.4) is 0 Å². The molecule has 0 aliphatic rings. The van der Waals surface area contributed by atoms with E-state index in [-0.39, 0.29) is 16.4 Å². The van der Waals surface area contributed by atoms with Crippen molar-refractivity contribution < 1.29 is 14.7 Å². The highest BCUT2D eigenvalue weighted by molar-refractivity contribution is 7.17. The van der Waals surface area contributed by atoms with E-state index in [1.165, 1.54) is 6.92 Å². The second-order valence-corrected chi connectivity index (χ2v) is 5.35. The van der Waals surface area contributed by atoms with Gasteiger partial charge in [0.25, 0.3) is 0 Å². The summed E-state index contributed by atoms with van der Waals surface area (Å²) < 4.78 is 0. The summed E-state index contributed by atoms with van der Waals surface area (Å²) in [4.78, 5) is 33.1. The first-order valence-electron chi connectivity index (χ1n) is 6.42. The SMILES string of the molecule is CCN(Cc1ccccn1)c1nc(C(=O)O)c(C(C)=O)s1. The molecule has 0 spiro atoms. The first kappa shape index (κ1) is 15.1. The summed E-state index contributed by atoms with van der Waals surface area (Å²) in [6, 6.07) is 5.61. The van der Waals surface area contributed by atoms with Crippen LogP contribution in [0.5, 0.6) is 0 Å². The normalized spacial score (nSPS) is 10.4. The number of Topliss-reactive ketones (excluding diaryl/α,β-unsaturated/α-hetero) is 1. The molecule has 2 heterocycles. The number of thiazole rings is 1. The number of carbonyl (C=O) groups excluding carboxylic acids is 1. The van der Waals surface area contributed by atoms with Crippen LogP contribution in [-0.4, -0.2) is 33.4 Å². The maximum absolute atomic E-state index is 11.5. The van der Waals surface area contributed by atoms with Crippen molar-refractivity contribution in [2.45, 2.75) is 20.4 Å². The maximum Gasteiger partial charge on any atom is 0.356 e. The van der Waals surface area contributed by atoms with E-state index in [1.54, 1.807) is 6.20 Å². The van der Waals surface area contributed by atoms with Gasteiger partial charge in [0.05, 0.1) is 12.2 Å². The molecule has 0 aliphatic carbocycles. The van der Waals surface area contributed by atoms with E-state index in [4.69, 9.17) is 5.11 Å². The second-order valence-electron chi connectivity index (χ2n) is 4.37. The Bertz CT molecular complexity index is 623. The molecular weight excluding hydrogens is 290 g/mol. The molecule has 7 heteroatoms. The molecule has 0 amide bonds. The number of ketones is 1. The fourth-order valence-electron chi connectivity index (χ4n) is 1.83. The molecule has 0 fully saturated rings. The summed E-state index contributed by atoms with van der Waals surface area (Å²) in [5, 5.41) is 9.65. The highest BCUT2D eigenvalue weighted by Crippen LogP contribution is 2.27. The number of carboxylic acids is 1. The Kier molecular flexibility index (Phi) is 4.64. The van der Waals surface area contributed by atoms with Crippen molar-refractivity contribution in [3.63, 3.8) is 0 Å². The van der Waals surface area contributed by atoms with E-state index in [0.717, 1.165) is 17.0 Å². The number of hydrogen-bond acceptors (Lipinski definition) is 6. The van der Waals surface area contributed by atoms with Crippen LogP contribution in [0.2, 0.25) is 0 Å². The third-order valence-electron chi connectivity index (χ3n) is 2.87. The fourth-order valence-corrected chi connectivity index (χ4v) is 2.85. The lowest BCUT2D eigenvalue weighted by atomic mass is 10.3. The number of rotatable bonds is 6. The van der Waals surface area contributed by atoms with Crippen molar-refractivity contribution >= 4 is 28.2 Å². The Labute approximate surface area is 126 Å². The van der Waals surface area contributed by atoms with Crippen LogP contribution in [-0.2, 0) is 6.54 Å².